The van der Waals surface area contributed by atoms with E-state index in [1.54, 1.807) is 0 Å². The summed E-state index contributed by atoms with van der Waals surface area (Å²) in [7, 11) is 0. The Morgan fingerprint density at radius 2 is 2.15 bits per heavy atom. The third kappa shape index (κ3) is 2.54. The van der Waals surface area contributed by atoms with E-state index in [4.69, 9.17) is 9.47 Å². The molecule has 0 saturated carbocycles. The molecule has 2 rings (SSSR count). The first-order valence-corrected chi connectivity index (χ1v) is 4.64. The maximum Gasteiger partial charge on any atom is 0.104 e. The molecular formula is C11H14O2. The fraction of sp³-hybridized carbons (Fsp3) is 0.455. The molecule has 0 spiro atoms. The van der Waals surface area contributed by atoms with Gasteiger partial charge >= 0.3 is 0 Å². The molecule has 1 aromatic carbocycles. The van der Waals surface area contributed by atoms with Gasteiger partial charge in [0.1, 0.15) is 6.10 Å². The summed E-state index contributed by atoms with van der Waals surface area (Å²) in [5, 5.41) is 0. The lowest BCUT2D eigenvalue weighted by Crippen LogP contribution is -2.05. The lowest BCUT2D eigenvalue weighted by atomic mass is 10.1. The summed E-state index contributed by atoms with van der Waals surface area (Å²) in [6.07, 6.45) is 0.525. The highest BCUT2D eigenvalue weighted by Gasteiger charge is 2.23. The maximum atomic E-state index is 5.63. The largest absolute Gasteiger partial charge is 0.371 e. The van der Waals surface area contributed by atoms with E-state index in [0.29, 0.717) is 6.10 Å². The Hall–Kier alpha value is -0.860. The highest BCUT2D eigenvalue weighted by Crippen LogP contribution is 2.18. The topological polar surface area (TPSA) is 21.8 Å². The molecule has 2 nitrogen and oxygen atoms in total. The number of hydrogen-bond acceptors (Lipinski definition) is 2. The van der Waals surface area contributed by atoms with Crippen molar-refractivity contribution in [2.75, 3.05) is 13.2 Å². The number of epoxide rings is 1. The van der Waals surface area contributed by atoms with Crippen LogP contribution in [0.5, 0.6) is 0 Å². The molecule has 2 heteroatoms. The van der Waals surface area contributed by atoms with Crippen LogP contribution in [0.25, 0.3) is 0 Å². The highest BCUT2D eigenvalue weighted by molar-refractivity contribution is 5.16. The Morgan fingerprint density at radius 3 is 2.77 bits per heavy atom. The summed E-state index contributed by atoms with van der Waals surface area (Å²) in [6.45, 7) is 3.65. The van der Waals surface area contributed by atoms with Crippen LogP contribution in [-0.4, -0.2) is 19.3 Å². The number of hydrogen-bond donors (Lipinski definition) is 0. The van der Waals surface area contributed by atoms with Crippen LogP contribution in [-0.2, 0) is 9.47 Å². The van der Waals surface area contributed by atoms with Crippen molar-refractivity contribution in [3.05, 3.63) is 35.9 Å². The van der Waals surface area contributed by atoms with E-state index in [9.17, 15) is 0 Å². The second-order valence-corrected chi connectivity index (χ2v) is 3.34. The second kappa shape index (κ2) is 3.90. The minimum atomic E-state index is 0.172. The molecule has 1 fully saturated rings. The molecule has 1 aliphatic heterocycles. The molecule has 0 aliphatic carbocycles. The molecule has 0 aromatic heterocycles. The van der Waals surface area contributed by atoms with Crippen LogP contribution in [0.2, 0.25) is 0 Å². The Balaban J connectivity index is 1.85. The van der Waals surface area contributed by atoms with Crippen LogP contribution in [0.15, 0.2) is 30.3 Å². The van der Waals surface area contributed by atoms with Crippen molar-refractivity contribution in [1.82, 2.24) is 0 Å². The summed E-state index contributed by atoms with van der Waals surface area (Å²) in [5.41, 5.74) is 1.23. The van der Waals surface area contributed by atoms with Crippen molar-refractivity contribution in [2.45, 2.75) is 19.1 Å². The van der Waals surface area contributed by atoms with E-state index in [0.717, 1.165) is 13.2 Å². The molecule has 2 unspecified atom stereocenters. The van der Waals surface area contributed by atoms with Gasteiger partial charge in [0.25, 0.3) is 0 Å². The molecule has 1 aliphatic rings. The average molecular weight is 178 g/mol. The summed E-state index contributed by atoms with van der Waals surface area (Å²) in [6, 6.07) is 10.2. The van der Waals surface area contributed by atoms with Crippen LogP contribution in [0.1, 0.15) is 18.6 Å². The first kappa shape index (κ1) is 8.73. The molecule has 1 aromatic rings. The monoisotopic (exact) mass is 178 g/mol. The van der Waals surface area contributed by atoms with Crippen molar-refractivity contribution in [3.8, 4) is 0 Å². The molecule has 70 valence electrons. The first-order valence-electron chi connectivity index (χ1n) is 4.64. The second-order valence-electron chi connectivity index (χ2n) is 3.34. The summed E-state index contributed by atoms with van der Waals surface area (Å²) in [4.78, 5) is 0. The van der Waals surface area contributed by atoms with E-state index in [-0.39, 0.29) is 6.10 Å². The summed E-state index contributed by atoms with van der Waals surface area (Å²) >= 11 is 0. The first-order chi connectivity index (χ1) is 6.36. The standard InChI is InChI=1S/C11H14O2/c1-9(12-7-11-8-13-11)10-5-3-2-4-6-10/h2-6,9,11H,7-8H2,1H3. The molecule has 0 bridgehead atoms. The molecular weight excluding hydrogens is 164 g/mol. The Morgan fingerprint density at radius 1 is 1.46 bits per heavy atom. The minimum absolute atomic E-state index is 0.172. The lowest BCUT2D eigenvalue weighted by Gasteiger charge is -2.11. The normalized spacial score (nSPS) is 22.7. The Bertz CT molecular complexity index is 254. The van der Waals surface area contributed by atoms with Gasteiger partial charge in [0, 0.05) is 0 Å². The Kier molecular flexibility index (Phi) is 2.62. The van der Waals surface area contributed by atoms with Crippen LogP contribution >= 0.6 is 0 Å². The maximum absolute atomic E-state index is 5.63. The van der Waals surface area contributed by atoms with E-state index < -0.39 is 0 Å². The molecule has 1 heterocycles. The van der Waals surface area contributed by atoms with Gasteiger partial charge in [-0.1, -0.05) is 30.3 Å². The quantitative estimate of drug-likeness (QED) is 0.659. The summed E-state index contributed by atoms with van der Waals surface area (Å²) < 4.78 is 10.7. The predicted octanol–water partition coefficient (Wildman–Crippen LogP) is 2.16. The van der Waals surface area contributed by atoms with E-state index in [1.165, 1.54) is 5.56 Å². The van der Waals surface area contributed by atoms with Crippen LogP contribution in [0.3, 0.4) is 0 Å². The highest BCUT2D eigenvalue weighted by atomic mass is 16.6. The van der Waals surface area contributed by atoms with Crippen LogP contribution < -0.4 is 0 Å². The molecule has 13 heavy (non-hydrogen) atoms. The van der Waals surface area contributed by atoms with Crippen LogP contribution in [0.4, 0.5) is 0 Å². The van der Waals surface area contributed by atoms with Crippen molar-refractivity contribution in [1.29, 1.82) is 0 Å². The zero-order chi connectivity index (χ0) is 9.10. The van der Waals surface area contributed by atoms with E-state index >= 15 is 0 Å². The summed E-state index contributed by atoms with van der Waals surface area (Å²) in [5.74, 6) is 0. The zero-order valence-electron chi connectivity index (χ0n) is 7.77. The molecule has 0 radical (unpaired) electrons. The zero-order valence-corrected chi connectivity index (χ0v) is 7.77. The van der Waals surface area contributed by atoms with Gasteiger partial charge in [-0.25, -0.2) is 0 Å². The Labute approximate surface area is 78.5 Å². The third-order valence-corrected chi connectivity index (χ3v) is 2.20. The molecule has 0 amide bonds. The SMILES string of the molecule is CC(OCC1CO1)c1ccccc1. The smallest absolute Gasteiger partial charge is 0.104 e. The van der Waals surface area contributed by atoms with Gasteiger partial charge in [-0.05, 0) is 12.5 Å². The van der Waals surface area contributed by atoms with E-state index in [1.807, 2.05) is 18.2 Å². The molecule has 2 atom stereocenters. The van der Waals surface area contributed by atoms with Gasteiger partial charge in [0.2, 0.25) is 0 Å². The minimum Gasteiger partial charge on any atom is -0.371 e. The van der Waals surface area contributed by atoms with E-state index in [2.05, 4.69) is 19.1 Å². The number of benzene rings is 1. The van der Waals surface area contributed by atoms with Gasteiger partial charge in [0.15, 0.2) is 0 Å². The van der Waals surface area contributed by atoms with Crippen molar-refractivity contribution < 1.29 is 9.47 Å². The number of rotatable bonds is 4. The fourth-order valence-electron chi connectivity index (χ4n) is 1.24. The van der Waals surface area contributed by atoms with Gasteiger partial charge in [-0.2, -0.15) is 0 Å². The average Bonchev–Trinajstić information content (AvgIpc) is 2.99. The van der Waals surface area contributed by atoms with Gasteiger partial charge in [-0.3, -0.25) is 0 Å². The lowest BCUT2D eigenvalue weighted by molar-refractivity contribution is 0.0540. The number of ether oxygens (including phenoxy) is 2. The predicted molar refractivity (Wildman–Crippen MR) is 50.5 cm³/mol. The van der Waals surface area contributed by atoms with Gasteiger partial charge < -0.3 is 9.47 Å². The van der Waals surface area contributed by atoms with Gasteiger partial charge in [-0.15, -0.1) is 0 Å². The fourth-order valence-corrected chi connectivity index (χ4v) is 1.24. The molecule has 1 saturated heterocycles. The van der Waals surface area contributed by atoms with Crippen molar-refractivity contribution in [2.24, 2.45) is 0 Å². The van der Waals surface area contributed by atoms with Crippen LogP contribution in [0, 0.1) is 0 Å². The third-order valence-electron chi connectivity index (χ3n) is 2.20. The van der Waals surface area contributed by atoms with Gasteiger partial charge in [0.05, 0.1) is 19.3 Å². The molecule has 0 N–H and O–H groups in total. The van der Waals surface area contributed by atoms with Crippen molar-refractivity contribution in [3.63, 3.8) is 0 Å². The van der Waals surface area contributed by atoms with Crippen molar-refractivity contribution >= 4 is 0 Å².